The summed E-state index contributed by atoms with van der Waals surface area (Å²) in [6.45, 7) is 6.88. The van der Waals surface area contributed by atoms with Crippen LogP contribution in [-0.4, -0.2) is 40.8 Å². The molecule has 0 saturated carbocycles. The number of carbonyl (C=O) groups is 3. The standard InChI is InChI=1S/C26H27ClN4O4/c1-14(2)26(24(33)29-25(34)30-26)18-6-4-17(5-7-18)23(32)31-10-8-16(9-11-31)22-28-20-12-15(3)19(27)13-21(20)35-22/h4-7,12-14,16H,8-11H2,1-3H3,(H2,29,30,33,34)/t26-/m1/s1. The lowest BCUT2D eigenvalue weighted by atomic mass is 9.79. The number of nitrogens with one attached hydrogen (secondary N) is 2. The van der Waals surface area contributed by atoms with Gasteiger partial charge >= 0.3 is 6.03 Å². The molecule has 182 valence electrons. The van der Waals surface area contributed by atoms with Gasteiger partial charge in [0.25, 0.3) is 11.8 Å². The first-order valence-electron chi connectivity index (χ1n) is 11.8. The summed E-state index contributed by atoms with van der Waals surface area (Å²) in [7, 11) is 0. The monoisotopic (exact) mass is 494 g/mol. The third-order valence-electron chi connectivity index (χ3n) is 7.17. The molecule has 5 rings (SSSR count). The topological polar surface area (TPSA) is 105 Å². The summed E-state index contributed by atoms with van der Waals surface area (Å²) in [5.74, 6) is 0.224. The second kappa shape index (κ2) is 8.68. The van der Waals surface area contributed by atoms with Crippen molar-refractivity contribution in [2.45, 2.75) is 45.1 Å². The Morgan fingerprint density at radius 1 is 1.17 bits per heavy atom. The molecule has 0 radical (unpaired) electrons. The molecule has 2 saturated heterocycles. The molecule has 0 spiro atoms. The summed E-state index contributed by atoms with van der Waals surface area (Å²) in [6, 6.07) is 10.2. The summed E-state index contributed by atoms with van der Waals surface area (Å²) in [5, 5.41) is 5.74. The Labute approximate surface area is 208 Å². The molecule has 2 aliphatic rings. The Morgan fingerprint density at radius 3 is 2.46 bits per heavy atom. The van der Waals surface area contributed by atoms with E-state index in [1.807, 2.05) is 31.7 Å². The number of nitrogens with zero attached hydrogens (tertiary/aromatic N) is 2. The van der Waals surface area contributed by atoms with E-state index in [4.69, 9.17) is 16.0 Å². The minimum Gasteiger partial charge on any atom is -0.440 e. The Bertz CT molecular complexity index is 1290. The molecule has 2 aliphatic heterocycles. The first kappa shape index (κ1) is 23.4. The lowest BCUT2D eigenvalue weighted by Crippen LogP contribution is -2.48. The van der Waals surface area contributed by atoms with Crippen LogP contribution in [0.15, 0.2) is 40.8 Å². The van der Waals surface area contributed by atoms with Crippen LogP contribution in [0.25, 0.3) is 11.1 Å². The molecule has 3 heterocycles. The maximum atomic E-state index is 13.1. The molecule has 35 heavy (non-hydrogen) atoms. The maximum Gasteiger partial charge on any atom is 0.322 e. The molecule has 1 aromatic heterocycles. The van der Waals surface area contributed by atoms with Crippen molar-refractivity contribution in [1.29, 1.82) is 0 Å². The van der Waals surface area contributed by atoms with Crippen molar-refractivity contribution in [3.8, 4) is 0 Å². The molecule has 0 unspecified atom stereocenters. The predicted molar refractivity (Wildman–Crippen MR) is 131 cm³/mol. The Hall–Kier alpha value is -3.39. The average molecular weight is 495 g/mol. The van der Waals surface area contributed by atoms with Gasteiger partial charge in [-0.2, -0.15) is 0 Å². The molecule has 0 bridgehead atoms. The molecular formula is C26H27ClN4O4. The first-order chi connectivity index (χ1) is 16.7. The van der Waals surface area contributed by atoms with Crippen LogP contribution in [0.3, 0.4) is 0 Å². The van der Waals surface area contributed by atoms with Gasteiger partial charge in [0.1, 0.15) is 11.1 Å². The van der Waals surface area contributed by atoms with Gasteiger partial charge in [0.15, 0.2) is 11.5 Å². The van der Waals surface area contributed by atoms with Crippen LogP contribution in [0.4, 0.5) is 4.79 Å². The van der Waals surface area contributed by atoms with Crippen LogP contribution < -0.4 is 10.6 Å². The van der Waals surface area contributed by atoms with E-state index in [0.29, 0.717) is 40.7 Å². The molecule has 2 aromatic carbocycles. The first-order valence-corrected chi connectivity index (χ1v) is 12.2. The third-order valence-corrected chi connectivity index (χ3v) is 7.57. The predicted octanol–water partition coefficient (Wildman–Crippen LogP) is 4.50. The number of imide groups is 1. The van der Waals surface area contributed by atoms with E-state index < -0.39 is 11.6 Å². The van der Waals surface area contributed by atoms with Gasteiger partial charge in [-0.15, -0.1) is 0 Å². The number of aromatic nitrogens is 1. The number of oxazole rings is 1. The molecular weight excluding hydrogens is 468 g/mol. The highest BCUT2D eigenvalue weighted by molar-refractivity contribution is 6.32. The van der Waals surface area contributed by atoms with Crippen molar-refractivity contribution in [2.24, 2.45) is 5.92 Å². The molecule has 0 aliphatic carbocycles. The molecule has 8 nitrogen and oxygen atoms in total. The number of hydrogen-bond donors (Lipinski definition) is 2. The molecule has 2 fully saturated rings. The Kier molecular flexibility index (Phi) is 5.79. The van der Waals surface area contributed by atoms with Crippen molar-refractivity contribution in [2.75, 3.05) is 13.1 Å². The van der Waals surface area contributed by atoms with Crippen LogP contribution in [0, 0.1) is 12.8 Å². The van der Waals surface area contributed by atoms with E-state index in [0.717, 1.165) is 23.9 Å². The Morgan fingerprint density at radius 2 is 1.86 bits per heavy atom. The van der Waals surface area contributed by atoms with E-state index in [-0.39, 0.29) is 23.7 Å². The summed E-state index contributed by atoms with van der Waals surface area (Å²) < 4.78 is 5.97. The number of rotatable bonds is 4. The van der Waals surface area contributed by atoms with E-state index >= 15 is 0 Å². The number of likely N-dealkylation sites (tertiary alicyclic amines) is 1. The van der Waals surface area contributed by atoms with Gasteiger partial charge in [0.05, 0.1) is 0 Å². The van der Waals surface area contributed by atoms with Crippen LogP contribution in [-0.2, 0) is 10.3 Å². The molecule has 1 atom stereocenters. The van der Waals surface area contributed by atoms with Gasteiger partial charge in [-0.1, -0.05) is 37.6 Å². The van der Waals surface area contributed by atoms with Crippen LogP contribution in [0.2, 0.25) is 5.02 Å². The average Bonchev–Trinajstić information content (AvgIpc) is 3.39. The lowest BCUT2D eigenvalue weighted by Gasteiger charge is -2.32. The van der Waals surface area contributed by atoms with Crippen molar-refractivity contribution >= 4 is 40.5 Å². The molecule has 2 N–H and O–H groups in total. The fraction of sp³-hybridized carbons (Fsp3) is 0.385. The number of benzene rings is 2. The number of piperidine rings is 1. The highest BCUT2D eigenvalue weighted by Crippen LogP contribution is 2.34. The molecule has 3 aromatic rings. The highest BCUT2D eigenvalue weighted by Gasteiger charge is 2.50. The lowest BCUT2D eigenvalue weighted by molar-refractivity contribution is -0.125. The molecule has 4 amide bonds. The minimum atomic E-state index is -1.14. The van der Waals surface area contributed by atoms with Gasteiger partial charge in [-0.3, -0.25) is 14.9 Å². The summed E-state index contributed by atoms with van der Waals surface area (Å²) in [5.41, 5.74) is 2.49. The van der Waals surface area contributed by atoms with Crippen LogP contribution in [0.1, 0.15) is 60.0 Å². The second-order valence-electron chi connectivity index (χ2n) is 9.64. The Balaban J connectivity index is 1.27. The van der Waals surface area contributed by atoms with Crippen molar-refractivity contribution in [3.05, 3.63) is 64.0 Å². The van der Waals surface area contributed by atoms with Crippen molar-refractivity contribution in [3.63, 3.8) is 0 Å². The smallest absolute Gasteiger partial charge is 0.322 e. The fourth-order valence-corrected chi connectivity index (χ4v) is 5.20. The number of carbonyl (C=O) groups excluding carboxylic acids is 3. The number of urea groups is 1. The normalized spacial score (nSPS) is 21.0. The zero-order valence-electron chi connectivity index (χ0n) is 19.9. The zero-order chi connectivity index (χ0) is 24.9. The zero-order valence-corrected chi connectivity index (χ0v) is 20.6. The van der Waals surface area contributed by atoms with Gasteiger partial charge in [0.2, 0.25) is 0 Å². The molecule has 9 heteroatoms. The van der Waals surface area contributed by atoms with Crippen LogP contribution in [0.5, 0.6) is 0 Å². The summed E-state index contributed by atoms with van der Waals surface area (Å²) >= 11 is 6.21. The van der Waals surface area contributed by atoms with Crippen molar-refractivity contribution < 1.29 is 18.8 Å². The summed E-state index contributed by atoms with van der Waals surface area (Å²) in [6.07, 6.45) is 1.51. The van der Waals surface area contributed by atoms with Crippen LogP contribution >= 0.6 is 11.6 Å². The highest BCUT2D eigenvalue weighted by atomic mass is 35.5. The number of aryl methyl sites for hydroxylation is 1. The largest absolute Gasteiger partial charge is 0.440 e. The third kappa shape index (κ3) is 3.95. The van der Waals surface area contributed by atoms with E-state index in [1.54, 1.807) is 30.3 Å². The summed E-state index contributed by atoms with van der Waals surface area (Å²) in [4.78, 5) is 44.0. The van der Waals surface area contributed by atoms with Gasteiger partial charge < -0.3 is 14.6 Å². The number of hydrogen-bond acceptors (Lipinski definition) is 5. The quantitative estimate of drug-likeness (QED) is 0.519. The number of fused-ring (bicyclic) bond motifs is 1. The minimum absolute atomic E-state index is 0.0616. The van der Waals surface area contributed by atoms with E-state index in [1.165, 1.54) is 0 Å². The van der Waals surface area contributed by atoms with E-state index in [9.17, 15) is 14.4 Å². The van der Waals surface area contributed by atoms with Crippen molar-refractivity contribution in [1.82, 2.24) is 20.5 Å². The second-order valence-corrected chi connectivity index (χ2v) is 10.0. The number of halogens is 1. The number of amides is 4. The van der Waals surface area contributed by atoms with Gasteiger partial charge in [0, 0.05) is 35.7 Å². The SMILES string of the molecule is Cc1cc2nc(C3CCN(C(=O)c4ccc([C@@]5(C(C)C)NC(=O)NC5=O)cc4)CC3)oc2cc1Cl. The van der Waals surface area contributed by atoms with Gasteiger partial charge in [-0.25, -0.2) is 9.78 Å². The van der Waals surface area contributed by atoms with Gasteiger partial charge in [-0.05, 0) is 55.0 Å². The van der Waals surface area contributed by atoms with E-state index in [2.05, 4.69) is 15.6 Å². The fourth-order valence-electron chi connectivity index (χ4n) is 5.05. The maximum absolute atomic E-state index is 13.1.